The first kappa shape index (κ1) is 12.6. The molecule has 5 heteroatoms. The molecule has 1 aromatic rings. The zero-order valence-electron chi connectivity index (χ0n) is 9.80. The summed E-state index contributed by atoms with van der Waals surface area (Å²) in [5, 5.41) is 3.14. The lowest BCUT2D eigenvalue weighted by atomic mass is 10.2. The molecule has 0 aromatic heterocycles. The van der Waals surface area contributed by atoms with Crippen LogP contribution < -0.4 is 5.32 Å². The minimum absolute atomic E-state index is 0.0877. The van der Waals surface area contributed by atoms with Crippen molar-refractivity contribution in [3.8, 4) is 0 Å². The number of rotatable bonds is 2. The number of nitrogens with one attached hydrogen (secondary N) is 1. The van der Waals surface area contributed by atoms with E-state index >= 15 is 0 Å². The van der Waals surface area contributed by atoms with E-state index in [0.29, 0.717) is 6.04 Å². The summed E-state index contributed by atoms with van der Waals surface area (Å²) in [7, 11) is 2.02. The van der Waals surface area contributed by atoms with Gasteiger partial charge in [0.2, 0.25) is 0 Å². The van der Waals surface area contributed by atoms with E-state index in [1.165, 1.54) is 0 Å². The highest BCUT2D eigenvalue weighted by Crippen LogP contribution is 2.29. The number of hydrogen-bond acceptors (Lipinski definition) is 2. The molecule has 1 saturated heterocycles. The predicted octanol–water partition coefficient (Wildman–Crippen LogP) is 3.12. The number of hydrogen-bond donors (Lipinski definition) is 1. The van der Waals surface area contributed by atoms with Crippen LogP contribution in [0.25, 0.3) is 0 Å². The molecule has 1 aromatic carbocycles. The van der Waals surface area contributed by atoms with E-state index in [4.69, 9.17) is 11.6 Å². The highest BCUT2D eigenvalue weighted by Gasteiger charge is 2.27. The summed E-state index contributed by atoms with van der Waals surface area (Å²) in [4.78, 5) is 2.19. The molecule has 0 spiro atoms. The second kappa shape index (κ2) is 4.78. The summed E-state index contributed by atoms with van der Waals surface area (Å²) >= 11 is 5.83. The van der Waals surface area contributed by atoms with Gasteiger partial charge in [0, 0.05) is 24.7 Å². The molecule has 2 rings (SSSR count). The van der Waals surface area contributed by atoms with E-state index in [1.807, 2.05) is 7.05 Å². The minimum atomic E-state index is -0.657. The smallest absolute Gasteiger partial charge is 0.150 e. The van der Waals surface area contributed by atoms with Gasteiger partial charge in [-0.1, -0.05) is 11.6 Å². The first-order valence-electron chi connectivity index (χ1n) is 5.58. The van der Waals surface area contributed by atoms with Crippen LogP contribution in [0.4, 0.5) is 14.5 Å². The van der Waals surface area contributed by atoms with Gasteiger partial charge in [-0.15, -0.1) is 0 Å². The molecule has 17 heavy (non-hydrogen) atoms. The van der Waals surface area contributed by atoms with Crippen molar-refractivity contribution >= 4 is 17.3 Å². The summed E-state index contributed by atoms with van der Waals surface area (Å²) < 4.78 is 26.4. The summed E-state index contributed by atoms with van der Waals surface area (Å²) in [6, 6.07) is 2.56. The Balaban J connectivity index is 2.14. The molecule has 1 aliphatic heterocycles. The van der Waals surface area contributed by atoms with Crippen molar-refractivity contribution < 1.29 is 8.78 Å². The van der Waals surface area contributed by atoms with E-state index in [2.05, 4.69) is 17.1 Å². The number of anilines is 1. The monoisotopic (exact) mass is 260 g/mol. The number of benzene rings is 1. The van der Waals surface area contributed by atoms with E-state index in [9.17, 15) is 8.78 Å². The summed E-state index contributed by atoms with van der Waals surface area (Å²) in [5.41, 5.74) is 0.195. The lowest BCUT2D eigenvalue weighted by Crippen LogP contribution is -2.25. The Morgan fingerprint density at radius 1 is 1.41 bits per heavy atom. The van der Waals surface area contributed by atoms with Crippen molar-refractivity contribution in [2.24, 2.45) is 0 Å². The molecule has 1 N–H and O–H groups in total. The first-order chi connectivity index (χ1) is 7.97. The Kier molecular flexibility index (Phi) is 3.54. The fourth-order valence-electron chi connectivity index (χ4n) is 2.18. The Bertz CT molecular complexity index is 392. The molecule has 0 aliphatic carbocycles. The van der Waals surface area contributed by atoms with Crippen LogP contribution in [-0.2, 0) is 0 Å². The molecule has 2 nitrogen and oxygen atoms in total. The van der Waals surface area contributed by atoms with Gasteiger partial charge in [0.15, 0.2) is 5.82 Å². The average molecular weight is 261 g/mol. The van der Waals surface area contributed by atoms with Crippen molar-refractivity contribution in [1.29, 1.82) is 0 Å². The van der Waals surface area contributed by atoms with Gasteiger partial charge in [0.1, 0.15) is 5.82 Å². The lowest BCUT2D eigenvalue weighted by Gasteiger charge is -2.16. The van der Waals surface area contributed by atoms with Crippen LogP contribution in [0.15, 0.2) is 12.1 Å². The average Bonchev–Trinajstić information content (AvgIpc) is 2.52. The van der Waals surface area contributed by atoms with Crippen LogP contribution in [0.5, 0.6) is 0 Å². The summed E-state index contributed by atoms with van der Waals surface area (Å²) in [5.74, 6) is -1.30. The van der Waals surface area contributed by atoms with Crippen molar-refractivity contribution in [2.75, 3.05) is 18.9 Å². The largest absolute Gasteiger partial charge is 0.377 e. The van der Waals surface area contributed by atoms with Crippen molar-refractivity contribution in [3.63, 3.8) is 0 Å². The number of halogens is 3. The van der Waals surface area contributed by atoms with Gasteiger partial charge in [-0.05, 0) is 26.5 Å². The van der Waals surface area contributed by atoms with Gasteiger partial charge < -0.3 is 10.2 Å². The fraction of sp³-hybridized carbons (Fsp3) is 0.500. The Labute approximate surface area is 105 Å². The van der Waals surface area contributed by atoms with Crippen LogP contribution >= 0.6 is 11.6 Å². The molecule has 2 unspecified atom stereocenters. The van der Waals surface area contributed by atoms with E-state index in [-0.39, 0.29) is 16.8 Å². The quantitative estimate of drug-likeness (QED) is 0.879. The van der Waals surface area contributed by atoms with Crippen LogP contribution in [0.1, 0.15) is 13.3 Å². The molecule has 0 amide bonds. The van der Waals surface area contributed by atoms with Gasteiger partial charge >= 0.3 is 0 Å². The number of nitrogens with zero attached hydrogens (tertiary/aromatic N) is 1. The van der Waals surface area contributed by atoms with Gasteiger partial charge in [-0.2, -0.15) is 0 Å². The molecule has 1 aliphatic rings. The van der Waals surface area contributed by atoms with E-state index in [1.54, 1.807) is 0 Å². The van der Waals surface area contributed by atoms with E-state index in [0.717, 1.165) is 25.1 Å². The molecule has 2 atom stereocenters. The van der Waals surface area contributed by atoms with Crippen LogP contribution in [0.3, 0.4) is 0 Å². The topological polar surface area (TPSA) is 15.3 Å². The Morgan fingerprint density at radius 2 is 2.12 bits per heavy atom. The maximum atomic E-state index is 13.6. The maximum absolute atomic E-state index is 13.6. The van der Waals surface area contributed by atoms with Crippen LogP contribution in [0.2, 0.25) is 5.02 Å². The minimum Gasteiger partial charge on any atom is -0.377 e. The maximum Gasteiger partial charge on any atom is 0.150 e. The molecule has 0 saturated carbocycles. The lowest BCUT2D eigenvalue weighted by molar-refractivity contribution is 0.330. The fourth-order valence-corrected chi connectivity index (χ4v) is 2.43. The second-order valence-electron chi connectivity index (χ2n) is 4.61. The van der Waals surface area contributed by atoms with Gasteiger partial charge in [0.25, 0.3) is 0 Å². The third kappa shape index (κ3) is 2.69. The standard InChI is InChI=1S/C12H15ClF2N2/c1-7-3-9(6-17(7)2)16-12-10(13)4-8(14)5-11(12)15/h4-5,7,9,16H,3,6H2,1-2H3. The first-order valence-corrected chi connectivity index (χ1v) is 5.96. The second-order valence-corrected chi connectivity index (χ2v) is 5.02. The van der Waals surface area contributed by atoms with E-state index < -0.39 is 11.6 Å². The van der Waals surface area contributed by atoms with Crippen molar-refractivity contribution in [1.82, 2.24) is 4.90 Å². The van der Waals surface area contributed by atoms with Gasteiger partial charge in [0.05, 0.1) is 10.7 Å². The zero-order valence-corrected chi connectivity index (χ0v) is 10.6. The number of likely N-dealkylation sites (tertiary alicyclic amines) is 1. The van der Waals surface area contributed by atoms with Gasteiger partial charge in [-0.25, -0.2) is 8.78 Å². The van der Waals surface area contributed by atoms with Gasteiger partial charge in [-0.3, -0.25) is 0 Å². The zero-order chi connectivity index (χ0) is 12.6. The molecule has 1 heterocycles. The highest BCUT2D eigenvalue weighted by molar-refractivity contribution is 6.33. The van der Waals surface area contributed by atoms with Crippen molar-refractivity contribution in [3.05, 3.63) is 28.8 Å². The molecule has 1 fully saturated rings. The molecule has 0 radical (unpaired) electrons. The SMILES string of the molecule is CC1CC(Nc2c(F)cc(F)cc2Cl)CN1C. The molecule has 94 valence electrons. The Morgan fingerprint density at radius 3 is 2.65 bits per heavy atom. The number of likely N-dealkylation sites (N-methyl/N-ethyl adjacent to an activating group) is 1. The normalized spacial score (nSPS) is 25.2. The highest BCUT2D eigenvalue weighted by atomic mass is 35.5. The summed E-state index contributed by atoms with van der Waals surface area (Å²) in [6.45, 7) is 2.94. The van der Waals surface area contributed by atoms with Crippen LogP contribution in [-0.4, -0.2) is 30.6 Å². The molecular formula is C12H15ClF2N2. The molecule has 0 bridgehead atoms. The predicted molar refractivity (Wildman–Crippen MR) is 65.5 cm³/mol. The third-order valence-electron chi connectivity index (χ3n) is 3.24. The summed E-state index contributed by atoms with van der Waals surface area (Å²) in [6.07, 6.45) is 0.920. The Hall–Kier alpha value is -0.870. The third-order valence-corrected chi connectivity index (χ3v) is 3.54. The van der Waals surface area contributed by atoms with Crippen molar-refractivity contribution in [2.45, 2.75) is 25.4 Å². The van der Waals surface area contributed by atoms with Crippen LogP contribution in [0, 0.1) is 11.6 Å². The molecular weight excluding hydrogens is 246 g/mol.